The first-order valence-corrected chi connectivity index (χ1v) is 19.9. The Bertz CT molecular complexity index is 1610. The first-order valence-electron chi connectivity index (χ1n) is 19.9. The molecule has 2 aromatic rings. The number of carboxylic acid groups (broad SMARTS) is 1. The van der Waals surface area contributed by atoms with E-state index in [1.807, 2.05) is 12.1 Å². The zero-order valence-electron chi connectivity index (χ0n) is 33.9. The highest BCUT2D eigenvalue weighted by molar-refractivity contribution is 5.99. The second kappa shape index (κ2) is 23.9. The number of aryl methyl sites for hydroxylation is 1. The van der Waals surface area contributed by atoms with E-state index < -0.39 is 65.5 Å². The first kappa shape index (κ1) is 46.4. The number of amides is 5. The molecule has 15 heteroatoms. The van der Waals surface area contributed by atoms with Crippen LogP contribution in [0.4, 0.5) is 4.79 Å². The van der Waals surface area contributed by atoms with E-state index in [0.717, 1.165) is 30.4 Å². The zero-order chi connectivity index (χ0) is 41.8. The Morgan fingerprint density at radius 2 is 1.53 bits per heavy atom. The lowest BCUT2D eigenvalue weighted by atomic mass is 10.0. The summed E-state index contributed by atoms with van der Waals surface area (Å²) in [7, 11) is 0. The van der Waals surface area contributed by atoms with Crippen LogP contribution in [-0.2, 0) is 39.8 Å². The highest BCUT2D eigenvalue weighted by Crippen LogP contribution is 2.21. The minimum Gasteiger partial charge on any atom is -0.480 e. The number of nitrogens with one attached hydrogen (secondary N) is 5. The van der Waals surface area contributed by atoms with Crippen molar-refractivity contribution in [2.24, 2.45) is 0 Å². The predicted molar refractivity (Wildman–Crippen MR) is 214 cm³/mol. The fraction of sp³-hybridized carbons (Fsp3) is 0.571. The Morgan fingerprint density at radius 1 is 0.877 bits per heavy atom. The molecule has 5 amide bonds. The van der Waals surface area contributed by atoms with Crippen molar-refractivity contribution in [3.63, 3.8) is 0 Å². The van der Waals surface area contributed by atoms with E-state index >= 15 is 0 Å². The topological polar surface area (TPSA) is 210 Å². The molecule has 1 saturated heterocycles. The molecule has 0 aliphatic carbocycles. The molecule has 57 heavy (non-hydrogen) atoms. The fourth-order valence-electron chi connectivity index (χ4n) is 5.85. The fourth-order valence-corrected chi connectivity index (χ4v) is 5.85. The van der Waals surface area contributed by atoms with Crippen molar-refractivity contribution in [3.8, 4) is 11.1 Å². The summed E-state index contributed by atoms with van der Waals surface area (Å²) < 4.78 is 16.6. The van der Waals surface area contributed by atoms with E-state index in [4.69, 9.17) is 14.2 Å². The van der Waals surface area contributed by atoms with Gasteiger partial charge in [-0.2, -0.15) is 0 Å². The number of unbranched alkanes of at least 4 members (excludes halogenated alkanes) is 2. The minimum absolute atomic E-state index is 0.0399. The number of carbonyl (C=O) groups is 6. The number of benzene rings is 2. The third-order valence-electron chi connectivity index (χ3n) is 9.13. The number of carbonyl (C=O) groups excluding carboxylic acids is 5. The molecule has 2 aromatic carbocycles. The van der Waals surface area contributed by atoms with Crippen LogP contribution in [0.5, 0.6) is 0 Å². The molecule has 3 rings (SSSR count). The summed E-state index contributed by atoms with van der Waals surface area (Å²) in [6.07, 6.45) is 4.97. The van der Waals surface area contributed by atoms with Gasteiger partial charge < -0.3 is 45.9 Å². The standard InChI is InChI=1S/C42H61N5O10/c1-6-7-12-29-14-16-30(17-15-29)31-18-20-32(21-19-31)37(49)45-33(13-8-9-23-43-41(54)57-42(3,4)5)38(50)47-35-27-56-25-11-10-24-55-26-22-34(40(52)53)46-36(48)28(2)44-39(35)51/h14-21,28,33-35H,6-13,22-27H2,1-5H3,(H,43,54)(H,44,51)(H,45,49)(H,46,48)(H,47,50)(H,52,53)/t28-,33-,34-,35-/m0/s1. The van der Waals surface area contributed by atoms with Gasteiger partial charge >= 0.3 is 12.1 Å². The molecule has 0 unspecified atom stereocenters. The van der Waals surface area contributed by atoms with Crippen LogP contribution in [0.25, 0.3) is 11.1 Å². The van der Waals surface area contributed by atoms with Crippen LogP contribution >= 0.6 is 0 Å². The quantitative estimate of drug-likeness (QED) is 0.150. The third kappa shape index (κ3) is 17.3. The van der Waals surface area contributed by atoms with Gasteiger partial charge in [0.1, 0.15) is 29.8 Å². The van der Waals surface area contributed by atoms with Crippen LogP contribution in [0.3, 0.4) is 0 Å². The van der Waals surface area contributed by atoms with Gasteiger partial charge in [-0.25, -0.2) is 9.59 Å². The number of alkyl carbamates (subject to hydrolysis) is 1. The Morgan fingerprint density at radius 3 is 2.16 bits per heavy atom. The molecule has 0 bridgehead atoms. The van der Waals surface area contributed by atoms with Crippen molar-refractivity contribution in [1.82, 2.24) is 26.6 Å². The highest BCUT2D eigenvalue weighted by atomic mass is 16.6. The summed E-state index contributed by atoms with van der Waals surface area (Å²) in [4.78, 5) is 77.7. The van der Waals surface area contributed by atoms with E-state index in [-0.39, 0.29) is 39.2 Å². The molecule has 1 aliphatic rings. The van der Waals surface area contributed by atoms with Gasteiger partial charge in [0, 0.05) is 38.3 Å². The van der Waals surface area contributed by atoms with Gasteiger partial charge in [0.15, 0.2) is 0 Å². The summed E-state index contributed by atoms with van der Waals surface area (Å²) in [6.45, 7) is 9.60. The van der Waals surface area contributed by atoms with Gasteiger partial charge in [-0.3, -0.25) is 19.2 Å². The second-order valence-corrected chi connectivity index (χ2v) is 15.2. The minimum atomic E-state index is -1.26. The van der Waals surface area contributed by atoms with Crippen molar-refractivity contribution >= 4 is 35.7 Å². The van der Waals surface area contributed by atoms with Crippen molar-refractivity contribution in [2.75, 3.05) is 33.0 Å². The molecule has 6 N–H and O–H groups in total. The molecule has 1 fully saturated rings. The summed E-state index contributed by atoms with van der Waals surface area (Å²) in [6, 6.07) is 10.7. The van der Waals surface area contributed by atoms with E-state index in [0.29, 0.717) is 37.9 Å². The Balaban J connectivity index is 1.75. The highest BCUT2D eigenvalue weighted by Gasteiger charge is 2.30. The molecule has 0 spiro atoms. The summed E-state index contributed by atoms with van der Waals surface area (Å²) in [5.41, 5.74) is 2.88. The number of hydrogen-bond acceptors (Lipinski definition) is 9. The lowest BCUT2D eigenvalue weighted by molar-refractivity contribution is -0.143. The monoisotopic (exact) mass is 795 g/mol. The van der Waals surface area contributed by atoms with Crippen LogP contribution in [0.1, 0.15) is 102 Å². The molecule has 0 aromatic heterocycles. The molecule has 0 radical (unpaired) electrons. The van der Waals surface area contributed by atoms with Gasteiger partial charge in [0.05, 0.1) is 6.61 Å². The van der Waals surface area contributed by atoms with Crippen LogP contribution in [0, 0.1) is 0 Å². The maximum Gasteiger partial charge on any atom is 0.407 e. The van der Waals surface area contributed by atoms with Crippen LogP contribution in [0.2, 0.25) is 0 Å². The maximum atomic E-state index is 13.9. The van der Waals surface area contributed by atoms with Crippen LogP contribution in [-0.4, -0.2) is 104 Å². The second-order valence-electron chi connectivity index (χ2n) is 15.2. The van der Waals surface area contributed by atoms with E-state index in [1.165, 1.54) is 12.5 Å². The van der Waals surface area contributed by atoms with Gasteiger partial charge in [0.25, 0.3) is 5.91 Å². The van der Waals surface area contributed by atoms with E-state index in [1.54, 1.807) is 32.9 Å². The van der Waals surface area contributed by atoms with Gasteiger partial charge in [0.2, 0.25) is 17.7 Å². The Labute approximate surface area is 335 Å². The van der Waals surface area contributed by atoms with Crippen molar-refractivity contribution < 1.29 is 48.1 Å². The average Bonchev–Trinajstić information content (AvgIpc) is 3.16. The number of ether oxygens (including phenoxy) is 3. The smallest absolute Gasteiger partial charge is 0.407 e. The summed E-state index contributed by atoms with van der Waals surface area (Å²) in [5, 5.41) is 22.7. The van der Waals surface area contributed by atoms with Gasteiger partial charge in [-0.05, 0) is 101 Å². The van der Waals surface area contributed by atoms with Crippen LogP contribution in [0.15, 0.2) is 48.5 Å². The molecular formula is C42H61N5O10. The number of rotatable bonds is 14. The van der Waals surface area contributed by atoms with Crippen molar-refractivity contribution in [1.29, 1.82) is 0 Å². The number of hydrogen-bond donors (Lipinski definition) is 6. The van der Waals surface area contributed by atoms with E-state index in [2.05, 4.69) is 57.8 Å². The molecule has 1 aliphatic heterocycles. The van der Waals surface area contributed by atoms with Crippen molar-refractivity contribution in [3.05, 3.63) is 59.7 Å². The lowest BCUT2D eigenvalue weighted by Gasteiger charge is -2.25. The SMILES string of the molecule is CCCCc1ccc(-c2ccc(C(=O)N[C@@H](CCCCNC(=O)OC(C)(C)C)C(=O)N[C@H]3COCCCCOCC[C@@H](C(=O)O)NC(=O)[C@H](C)NC3=O)cc2)cc1. The molecular weight excluding hydrogens is 734 g/mol. The lowest BCUT2D eigenvalue weighted by Crippen LogP contribution is -2.58. The zero-order valence-corrected chi connectivity index (χ0v) is 33.9. The molecule has 1 heterocycles. The van der Waals surface area contributed by atoms with Crippen LogP contribution < -0.4 is 26.6 Å². The summed E-state index contributed by atoms with van der Waals surface area (Å²) in [5.74, 6) is -3.84. The van der Waals surface area contributed by atoms with Crippen molar-refractivity contribution in [2.45, 2.75) is 122 Å². The first-order chi connectivity index (χ1) is 27.2. The Hall–Kier alpha value is -5.02. The van der Waals surface area contributed by atoms with Gasteiger partial charge in [-0.15, -0.1) is 0 Å². The predicted octanol–water partition coefficient (Wildman–Crippen LogP) is 4.27. The largest absolute Gasteiger partial charge is 0.480 e. The maximum absolute atomic E-state index is 13.9. The number of aliphatic carboxylic acids is 1. The average molecular weight is 796 g/mol. The molecule has 15 nitrogen and oxygen atoms in total. The third-order valence-corrected chi connectivity index (χ3v) is 9.13. The van der Waals surface area contributed by atoms with E-state index in [9.17, 15) is 33.9 Å². The molecule has 314 valence electrons. The molecule has 0 saturated carbocycles. The normalized spacial score (nSPS) is 19.3. The Kier molecular flexibility index (Phi) is 19.4. The summed E-state index contributed by atoms with van der Waals surface area (Å²) >= 11 is 0. The van der Waals surface area contributed by atoms with Gasteiger partial charge in [-0.1, -0.05) is 49.7 Å². The molecule has 4 atom stereocenters. The number of carboxylic acids is 1.